The average molecular weight is 302 g/mol. The fourth-order valence-electron chi connectivity index (χ4n) is 1.62. The van der Waals surface area contributed by atoms with Gasteiger partial charge >= 0.3 is 5.97 Å². The minimum Gasteiger partial charge on any atom is -0.616 e. The van der Waals surface area contributed by atoms with Crippen molar-refractivity contribution in [2.45, 2.75) is 38.4 Å². The Balaban J connectivity index is 3.76. The summed E-state index contributed by atoms with van der Waals surface area (Å²) in [4.78, 5) is 11.1. The maximum Gasteiger partial charge on any atom is 0.333 e. The van der Waals surface area contributed by atoms with Crippen molar-refractivity contribution in [2.75, 3.05) is 26.1 Å². The largest absolute Gasteiger partial charge is 0.616 e. The quantitative estimate of drug-likeness (QED) is 0.205. The molecule has 0 aliphatic rings. The molecule has 0 aliphatic carbocycles. The lowest BCUT2D eigenvalue weighted by Crippen LogP contribution is -2.32. The summed E-state index contributed by atoms with van der Waals surface area (Å²) in [5.74, 6) is -0.393. The van der Waals surface area contributed by atoms with Crippen LogP contribution in [0.25, 0.3) is 0 Å². The third kappa shape index (κ3) is 7.72. The fraction of sp³-hybridized carbons (Fsp3) is 0.667. The standard InChI is InChI=1S/C15H26O4S/c1-6-8-15(4,20(5)17)9-7-10-18-11-12-19-14(16)13(2)3/h6,8H,2,7,9-12H2,1,3-5H3. The van der Waals surface area contributed by atoms with Crippen molar-refractivity contribution in [2.24, 2.45) is 0 Å². The molecule has 0 aliphatic heterocycles. The van der Waals surface area contributed by atoms with Crippen molar-refractivity contribution in [3.8, 4) is 0 Å². The Morgan fingerprint density at radius 1 is 1.40 bits per heavy atom. The Morgan fingerprint density at radius 3 is 2.55 bits per heavy atom. The molecule has 2 unspecified atom stereocenters. The Morgan fingerprint density at radius 2 is 2.05 bits per heavy atom. The van der Waals surface area contributed by atoms with Crippen LogP contribution in [0.5, 0.6) is 0 Å². The SMILES string of the molecule is C=C(C)C(=O)OCCOCCCC(C)(C=CC)[S+](C)[O-]. The topological polar surface area (TPSA) is 58.6 Å². The Kier molecular flexibility index (Phi) is 9.63. The molecule has 0 fully saturated rings. The zero-order valence-corrected chi connectivity index (χ0v) is 13.8. The highest BCUT2D eigenvalue weighted by Gasteiger charge is 2.30. The van der Waals surface area contributed by atoms with Crippen LogP contribution in [-0.4, -0.2) is 41.3 Å². The first-order valence-corrected chi connectivity index (χ1v) is 8.27. The number of rotatable bonds is 10. The normalized spacial score (nSPS) is 15.8. The van der Waals surface area contributed by atoms with Crippen molar-refractivity contribution >= 4 is 17.1 Å². The highest BCUT2D eigenvalue weighted by atomic mass is 32.2. The van der Waals surface area contributed by atoms with Crippen LogP contribution >= 0.6 is 0 Å². The summed E-state index contributed by atoms with van der Waals surface area (Å²) in [6.07, 6.45) is 7.25. The lowest BCUT2D eigenvalue weighted by molar-refractivity contribution is -0.140. The molecular weight excluding hydrogens is 276 g/mol. The van der Waals surface area contributed by atoms with E-state index < -0.39 is 17.1 Å². The molecule has 4 nitrogen and oxygen atoms in total. The first-order valence-electron chi connectivity index (χ1n) is 6.71. The van der Waals surface area contributed by atoms with Gasteiger partial charge in [0.15, 0.2) is 0 Å². The molecule has 0 bridgehead atoms. The zero-order valence-electron chi connectivity index (χ0n) is 12.9. The molecule has 0 N–H and O–H groups in total. The first-order chi connectivity index (χ1) is 9.33. The van der Waals surface area contributed by atoms with Gasteiger partial charge in [-0.15, -0.1) is 0 Å². The number of carbonyl (C=O) groups is 1. The van der Waals surface area contributed by atoms with Gasteiger partial charge in [-0.05, 0) is 44.4 Å². The van der Waals surface area contributed by atoms with Gasteiger partial charge in [0.25, 0.3) is 0 Å². The monoisotopic (exact) mass is 302 g/mol. The molecule has 0 spiro atoms. The fourth-order valence-corrected chi connectivity index (χ4v) is 2.38. The predicted molar refractivity (Wildman–Crippen MR) is 83.1 cm³/mol. The smallest absolute Gasteiger partial charge is 0.333 e. The molecule has 0 heterocycles. The van der Waals surface area contributed by atoms with Crippen LogP contribution in [0.2, 0.25) is 0 Å². The van der Waals surface area contributed by atoms with Crippen molar-refractivity contribution in [1.29, 1.82) is 0 Å². The molecule has 0 saturated carbocycles. The lowest BCUT2D eigenvalue weighted by Gasteiger charge is -2.27. The van der Waals surface area contributed by atoms with Crippen LogP contribution in [0.4, 0.5) is 0 Å². The van der Waals surface area contributed by atoms with E-state index in [0.717, 1.165) is 12.8 Å². The highest BCUT2D eigenvalue weighted by Crippen LogP contribution is 2.24. The van der Waals surface area contributed by atoms with Crippen LogP contribution in [0.1, 0.15) is 33.6 Å². The maximum absolute atomic E-state index is 11.7. The molecule has 20 heavy (non-hydrogen) atoms. The zero-order chi connectivity index (χ0) is 15.6. The van der Waals surface area contributed by atoms with Crippen LogP contribution in [0.3, 0.4) is 0 Å². The third-order valence-electron chi connectivity index (χ3n) is 2.95. The van der Waals surface area contributed by atoms with Gasteiger partial charge in [0.2, 0.25) is 0 Å². The summed E-state index contributed by atoms with van der Waals surface area (Å²) in [5.41, 5.74) is 0.387. The molecular formula is C15H26O4S. The molecule has 0 aromatic heterocycles. The van der Waals surface area contributed by atoms with E-state index in [4.69, 9.17) is 9.47 Å². The summed E-state index contributed by atoms with van der Waals surface area (Å²) in [6.45, 7) is 10.2. The number of hydrogen-bond donors (Lipinski definition) is 0. The molecule has 0 radical (unpaired) electrons. The van der Waals surface area contributed by atoms with E-state index in [0.29, 0.717) is 18.8 Å². The summed E-state index contributed by atoms with van der Waals surface area (Å²) >= 11 is -0.911. The molecule has 0 rings (SSSR count). The number of carbonyl (C=O) groups excluding carboxylic acids is 1. The maximum atomic E-state index is 11.7. The van der Waals surface area contributed by atoms with Crippen molar-refractivity contribution < 1.29 is 18.8 Å². The van der Waals surface area contributed by atoms with Crippen LogP contribution in [-0.2, 0) is 25.4 Å². The van der Waals surface area contributed by atoms with Gasteiger partial charge in [-0.25, -0.2) is 4.79 Å². The summed E-state index contributed by atoms with van der Waals surface area (Å²) in [7, 11) is 0. The minimum atomic E-state index is -0.911. The third-order valence-corrected chi connectivity index (χ3v) is 4.60. The summed E-state index contributed by atoms with van der Waals surface area (Å²) in [6, 6.07) is 0. The second kappa shape index (κ2) is 10.0. The highest BCUT2D eigenvalue weighted by molar-refractivity contribution is 7.92. The van der Waals surface area contributed by atoms with Gasteiger partial charge in [-0.2, -0.15) is 0 Å². The van der Waals surface area contributed by atoms with Gasteiger partial charge in [-0.1, -0.05) is 12.7 Å². The van der Waals surface area contributed by atoms with E-state index in [1.807, 2.05) is 26.0 Å². The average Bonchev–Trinajstić information content (AvgIpc) is 2.37. The van der Waals surface area contributed by atoms with Gasteiger partial charge in [-0.3, -0.25) is 0 Å². The van der Waals surface area contributed by atoms with Gasteiger partial charge in [0.1, 0.15) is 11.4 Å². The van der Waals surface area contributed by atoms with Gasteiger partial charge < -0.3 is 14.0 Å². The van der Waals surface area contributed by atoms with Gasteiger partial charge in [0.05, 0.1) is 12.9 Å². The number of allylic oxidation sites excluding steroid dienone is 1. The predicted octanol–water partition coefficient (Wildman–Crippen LogP) is 2.62. The second-order valence-corrected chi connectivity index (χ2v) is 6.74. The number of esters is 1. The summed E-state index contributed by atoms with van der Waals surface area (Å²) < 4.78 is 21.7. The van der Waals surface area contributed by atoms with Crippen LogP contribution < -0.4 is 0 Å². The second-order valence-electron chi connectivity index (χ2n) is 4.90. The Bertz CT molecular complexity index is 339. The molecule has 2 atom stereocenters. The molecule has 116 valence electrons. The molecule has 5 heteroatoms. The lowest BCUT2D eigenvalue weighted by atomic mass is 10.0. The van der Waals surface area contributed by atoms with E-state index in [1.165, 1.54) is 0 Å². The van der Waals surface area contributed by atoms with Gasteiger partial charge in [0, 0.05) is 18.6 Å². The van der Waals surface area contributed by atoms with E-state index in [1.54, 1.807) is 13.2 Å². The molecule has 0 aromatic rings. The summed E-state index contributed by atoms with van der Waals surface area (Å²) in [5, 5.41) is 0. The van der Waals surface area contributed by atoms with E-state index in [9.17, 15) is 9.35 Å². The van der Waals surface area contributed by atoms with E-state index in [-0.39, 0.29) is 11.4 Å². The Hall–Kier alpha value is -0.780. The first kappa shape index (κ1) is 19.2. The van der Waals surface area contributed by atoms with E-state index in [2.05, 4.69) is 6.58 Å². The van der Waals surface area contributed by atoms with Crippen molar-refractivity contribution in [3.05, 3.63) is 24.3 Å². The Labute approximate surface area is 125 Å². The minimum absolute atomic E-state index is 0.234. The van der Waals surface area contributed by atoms with E-state index >= 15 is 0 Å². The van der Waals surface area contributed by atoms with Crippen LogP contribution in [0.15, 0.2) is 24.3 Å². The molecule has 0 aromatic carbocycles. The number of hydrogen-bond acceptors (Lipinski definition) is 4. The molecule has 0 saturated heterocycles. The van der Waals surface area contributed by atoms with Crippen LogP contribution in [0, 0.1) is 0 Å². The number of ether oxygens (including phenoxy) is 2. The van der Waals surface area contributed by atoms with Crippen molar-refractivity contribution in [1.82, 2.24) is 0 Å². The molecule has 0 amide bonds. The van der Waals surface area contributed by atoms with Crippen molar-refractivity contribution in [3.63, 3.8) is 0 Å².